The molecule has 0 spiro atoms. The molecule has 3 rings (SSSR count). The standard InChI is InChI=1S/C14H10IN/c15-14-10-5-2-1-4-9(10)8-12-11(14)6-3-7-13(12)16/h1-8H,16H2. The highest BCUT2D eigenvalue weighted by Crippen LogP contribution is 2.32. The first kappa shape index (κ1) is 9.90. The Kier molecular flexibility index (Phi) is 2.24. The van der Waals surface area contributed by atoms with Gasteiger partial charge in [-0.05, 0) is 50.9 Å². The molecule has 78 valence electrons. The van der Waals surface area contributed by atoms with Crippen LogP contribution in [0.1, 0.15) is 0 Å². The van der Waals surface area contributed by atoms with Gasteiger partial charge in [-0.25, -0.2) is 0 Å². The van der Waals surface area contributed by atoms with E-state index in [2.05, 4.69) is 59.0 Å². The summed E-state index contributed by atoms with van der Waals surface area (Å²) in [5, 5.41) is 4.92. The predicted octanol–water partition coefficient (Wildman–Crippen LogP) is 4.18. The van der Waals surface area contributed by atoms with Gasteiger partial charge in [-0.2, -0.15) is 0 Å². The number of anilines is 1. The van der Waals surface area contributed by atoms with Crippen LogP contribution in [-0.4, -0.2) is 0 Å². The third kappa shape index (κ3) is 1.37. The highest BCUT2D eigenvalue weighted by atomic mass is 127. The molecule has 0 saturated heterocycles. The molecule has 0 radical (unpaired) electrons. The van der Waals surface area contributed by atoms with Crippen molar-refractivity contribution in [3.05, 3.63) is 52.1 Å². The van der Waals surface area contributed by atoms with Crippen LogP contribution in [0.15, 0.2) is 48.5 Å². The number of halogens is 1. The minimum absolute atomic E-state index is 0.848. The zero-order chi connectivity index (χ0) is 11.1. The third-order valence-electron chi connectivity index (χ3n) is 2.87. The lowest BCUT2D eigenvalue weighted by molar-refractivity contribution is 1.72. The fraction of sp³-hybridized carbons (Fsp3) is 0. The lowest BCUT2D eigenvalue weighted by atomic mass is 10.0. The predicted molar refractivity (Wildman–Crippen MR) is 78.6 cm³/mol. The summed E-state index contributed by atoms with van der Waals surface area (Å²) < 4.78 is 1.28. The fourth-order valence-corrected chi connectivity index (χ4v) is 3.02. The second-order valence-corrected chi connectivity index (χ2v) is 4.93. The smallest absolute Gasteiger partial charge is 0.0394 e. The summed E-state index contributed by atoms with van der Waals surface area (Å²) in [5.74, 6) is 0. The summed E-state index contributed by atoms with van der Waals surface area (Å²) in [6, 6.07) is 16.7. The highest BCUT2D eigenvalue weighted by Gasteiger charge is 2.05. The molecule has 0 unspecified atom stereocenters. The summed E-state index contributed by atoms with van der Waals surface area (Å²) in [5.41, 5.74) is 6.86. The Morgan fingerprint density at radius 1 is 0.812 bits per heavy atom. The van der Waals surface area contributed by atoms with Crippen LogP contribution in [-0.2, 0) is 0 Å². The molecule has 2 N–H and O–H groups in total. The molecule has 0 heterocycles. The van der Waals surface area contributed by atoms with Gasteiger partial charge in [0.1, 0.15) is 0 Å². The molecule has 0 aliphatic heterocycles. The van der Waals surface area contributed by atoms with Gasteiger partial charge >= 0.3 is 0 Å². The van der Waals surface area contributed by atoms with Crippen LogP contribution in [0.2, 0.25) is 0 Å². The average Bonchev–Trinajstić information content (AvgIpc) is 2.31. The van der Waals surface area contributed by atoms with E-state index in [-0.39, 0.29) is 0 Å². The largest absolute Gasteiger partial charge is 0.398 e. The molecule has 0 aromatic heterocycles. The van der Waals surface area contributed by atoms with Gasteiger partial charge in [-0.1, -0.05) is 36.4 Å². The van der Waals surface area contributed by atoms with E-state index in [9.17, 15) is 0 Å². The Morgan fingerprint density at radius 3 is 2.44 bits per heavy atom. The molecule has 0 saturated carbocycles. The Bertz CT molecular complexity index is 689. The Labute approximate surface area is 107 Å². The molecular weight excluding hydrogens is 309 g/mol. The third-order valence-corrected chi connectivity index (χ3v) is 4.04. The van der Waals surface area contributed by atoms with E-state index in [1.165, 1.54) is 19.7 Å². The van der Waals surface area contributed by atoms with Crippen LogP contribution < -0.4 is 5.73 Å². The van der Waals surface area contributed by atoms with Crippen molar-refractivity contribution in [1.82, 2.24) is 0 Å². The zero-order valence-corrected chi connectivity index (χ0v) is 10.7. The monoisotopic (exact) mass is 319 g/mol. The number of benzene rings is 3. The number of hydrogen-bond donors (Lipinski definition) is 1. The Hall–Kier alpha value is -1.29. The van der Waals surface area contributed by atoms with E-state index in [1.807, 2.05) is 12.1 Å². The van der Waals surface area contributed by atoms with Gasteiger partial charge in [0.15, 0.2) is 0 Å². The van der Waals surface area contributed by atoms with Gasteiger partial charge in [0.05, 0.1) is 0 Å². The number of nitrogen functional groups attached to an aromatic ring is 1. The first-order valence-electron chi connectivity index (χ1n) is 5.13. The topological polar surface area (TPSA) is 26.0 Å². The quantitative estimate of drug-likeness (QED) is 0.375. The molecule has 3 aromatic carbocycles. The van der Waals surface area contributed by atoms with E-state index in [0.29, 0.717) is 0 Å². The van der Waals surface area contributed by atoms with Crippen molar-refractivity contribution in [2.24, 2.45) is 0 Å². The van der Waals surface area contributed by atoms with Crippen molar-refractivity contribution in [3.63, 3.8) is 0 Å². The van der Waals surface area contributed by atoms with Gasteiger partial charge in [0, 0.05) is 14.6 Å². The second kappa shape index (κ2) is 3.63. The van der Waals surface area contributed by atoms with Crippen LogP contribution in [0.4, 0.5) is 5.69 Å². The maximum Gasteiger partial charge on any atom is 0.0394 e. The molecule has 0 atom stereocenters. The van der Waals surface area contributed by atoms with Gasteiger partial charge < -0.3 is 5.73 Å². The fourth-order valence-electron chi connectivity index (χ4n) is 2.06. The van der Waals surface area contributed by atoms with E-state index in [4.69, 9.17) is 5.73 Å². The molecule has 3 aromatic rings. The minimum atomic E-state index is 0.848. The van der Waals surface area contributed by atoms with Crippen LogP contribution in [0.25, 0.3) is 21.5 Å². The molecule has 0 aliphatic carbocycles. The van der Waals surface area contributed by atoms with Crippen molar-refractivity contribution in [3.8, 4) is 0 Å². The molecule has 0 bridgehead atoms. The highest BCUT2D eigenvalue weighted by molar-refractivity contribution is 14.1. The van der Waals surface area contributed by atoms with Gasteiger partial charge in [0.2, 0.25) is 0 Å². The Balaban J connectivity index is 2.61. The van der Waals surface area contributed by atoms with Gasteiger partial charge in [-0.3, -0.25) is 0 Å². The van der Waals surface area contributed by atoms with Crippen molar-refractivity contribution in [2.45, 2.75) is 0 Å². The van der Waals surface area contributed by atoms with E-state index in [0.717, 1.165) is 11.1 Å². The normalized spacial score (nSPS) is 11.1. The van der Waals surface area contributed by atoms with Crippen LogP contribution in [0, 0.1) is 3.57 Å². The number of fused-ring (bicyclic) bond motifs is 2. The van der Waals surface area contributed by atoms with E-state index in [1.54, 1.807) is 0 Å². The van der Waals surface area contributed by atoms with Gasteiger partial charge in [0.25, 0.3) is 0 Å². The zero-order valence-electron chi connectivity index (χ0n) is 8.57. The SMILES string of the molecule is Nc1cccc2c(I)c3ccccc3cc12. The maximum absolute atomic E-state index is 6.01. The second-order valence-electron chi connectivity index (χ2n) is 3.85. The van der Waals surface area contributed by atoms with Crippen LogP contribution in [0.3, 0.4) is 0 Å². The molecule has 16 heavy (non-hydrogen) atoms. The summed E-state index contributed by atoms with van der Waals surface area (Å²) in [7, 11) is 0. The number of rotatable bonds is 0. The molecule has 1 nitrogen and oxygen atoms in total. The first-order chi connectivity index (χ1) is 7.77. The molecular formula is C14H10IN. The molecule has 0 fully saturated rings. The average molecular weight is 319 g/mol. The minimum Gasteiger partial charge on any atom is -0.398 e. The summed E-state index contributed by atoms with van der Waals surface area (Å²) in [4.78, 5) is 0. The van der Waals surface area contributed by atoms with E-state index >= 15 is 0 Å². The molecule has 2 heteroatoms. The maximum atomic E-state index is 6.01. The number of nitrogens with two attached hydrogens (primary N) is 1. The molecule has 0 aliphatic rings. The number of hydrogen-bond acceptors (Lipinski definition) is 1. The van der Waals surface area contributed by atoms with Crippen molar-refractivity contribution >= 4 is 49.8 Å². The summed E-state index contributed by atoms with van der Waals surface area (Å²) in [6.45, 7) is 0. The van der Waals surface area contributed by atoms with Crippen LogP contribution in [0.5, 0.6) is 0 Å². The van der Waals surface area contributed by atoms with Crippen molar-refractivity contribution in [2.75, 3.05) is 5.73 Å². The van der Waals surface area contributed by atoms with E-state index < -0.39 is 0 Å². The lowest BCUT2D eigenvalue weighted by Crippen LogP contribution is -1.89. The summed E-state index contributed by atoms with van der Waals surface area (Å²) in [6.07, 6.45) is 0. The molecule has 0 amide bonds. The van der Waals surface area contributed by atoms with Gasteiger partial charge in [-0.15, -0.1) is 0 Å². The van der Waals surface area contributed by atoms with Crippen molar-refractivity contribution < 1.29 is 0 Å². The first-order valence-corrected chi connectivity index (χ1v) is 6.21. The van der Waals surface area contributed by atoms with Crippen LogP contribution >= 0.6 is 22.6 Å². The van der Waals surface area contributed by atoms with Crippen molar-refractivity contribution in [1.29, 1.82) is 0 Å². The lowest BCUT2D eigenvalue weighted by Gasteiger charge is -2.07. The Morgan fingerprint density at radius 2 is 1.56 bits per heavy atom. The summed E-state index contributed by atoms with van der Waals surface area (Å²) >= 11 is 2.40.